The predicted molar refractivity (Wildman–Crippen MR) is 125 cm³/mol. The van der Waals surface area contributed by atoms with Crippen molar-refractivity contribution in [3.8, 4) is 11.4 Å². The number of para-hydroxylation sites is 2. The Bertz CT molecular complexity index is 1230. The van der Waals surface area contributed by atoms with Crippen molar-refractivity contribution in [2.75, 3.05) is 11.1 Å². The van der Waals surface area contributed by atoms with E-state index in [4.69, 9.17) is 10.5 Å². The number of carbonyl (C=O) groups excluding carboxylic acids is 1. The number of nitrogens with two attached hydrogens (primary N) is 1. The van der Waals surface area contributed by atoms with Crippen LogP contribution in [-0.2, 0) is 13.0 Å². The first-order valence-electron chi connectivity index (χ1n) is 11.2. The molecule has 0 saturated carbocycles. The number of nitrogen functional groups attached to an aromatic ring is 1. The van der Waals surface area contributed by atoms with E-state index >= 15 is 4.39 Å². The van der Waals surface area contributed by atoms with Gasteiger partial charge in [0.05, 0.1) is 23.0 Å². The number of benzene rings is 2. The number of ether oxygens (including phenoxy) is 1. The molecule has 0 saturated heterocycles. The molecule has 4 rings (SSSR count). The number of hydrogen-bond acceptors (Lipinski definition) is 5. The van der Waals surface area contributed by atoms with Gasteiger partial charge in [-0.3, -0.25) is 9.36 Å². The fourth-order valence-electron chi connectivity index (χ4n) is 4.02. The van der Waals surface area contributed by atoms with Crippen LogP contribution >= 0.6 is 0 Å². The molecule has 1 unspecified atom stereocenters. The molecule has 1 aliphatic rings. The van der Waals surface area contributed by atoms with Crippen LogP contribution in [0, 0.1) is 5.82 Å². The molecule has 0 radical (unpaired) electrons. The van der Waals surface area contributed by atoms with Gasteiger partial charge in [-0.1, -0.05) is 25.5 Å². The smallest absolute Gasteiger partial charge is 0.350 e. The van der Waals surface area contributed by atoms with Gasteiger partial charge in [0.25, 0.3) is 5.91 Å². The average molecular weight is 454 g/mol. The highest BCUT2D eigenvalue weighted by atomic mass is 19.1. The molecule has 174 valence electrons. The topological polar surface area (TPSA) is 104 Å². The second kappa shape index (κ2) is 9.48. The van der Waals surface area contributed by atoms with E-state index in [0.717, 1.165) is 36.4 Å². The molecule has 0 bridgehead atoms. The first kappa shape index (κ1) is 22.6. The summed E-state index contributed by atoms with van der Waals surface area (Å²) >= 11 is 0. The molecule has 9 heteroatoms. The summed E-state index contributed by atoms with van der Waals surface area (Å²) in [5.74, 6) is -0.492. The summed E-state index contributed by atoms with van der Waals surface area (Å²) in [6.07, 6.45) is 3.89. The van der Waals surface area contributed by atoms with Crippen LogP contribution in [0.15, 0.2) is 41.2 Å². The third-order valence-electron chi connectivity index (χ3n) is 5.73. The Balaban J connectivity index is 1.76. The van der Waals surface area contributed by atoms with Crippen molar-refractivity contribution in [2.24, 2.45) is 0 Å². The van der Waals surface area contributed by atoms with Crippen LogP contribution in [0.4, 0.5) is 15.8 Å². The molecule has 33 heavy (non-hydrogen) atoms. The number of nitrogens with zero attached hydrogens (tertiary/aromatic N) is 3. The van der Waals surface area contributed by atoms with E-state index in [1.807, 2.05) is 13.8 Å². The van der Waals surface area contributed by atoms with Gasteiger partial charge >= 0.3 is 5.69 Å². The number of anilines is 2. The second-order valence-electron chi connectivity index (χ2n) is 8.28. The number of hydrogen-bond donors (Lipinski definition) is 2. The normalized spacial score (nSPS) is 13.9. The van der Waals surface area contributed by atoms with Crippen molar-refractivity contribution < 1.29 is 13.9 Å². The van der Waals surface area contributed by atoms with Crippen molar-refractivity contribution in [3.63, 3.8) is 0 Å². The minimum atomic E-state index is -0.741. The molecule has 2 aromatic carbocycles. The van der Waals surface area contributed by atoms with Crippen molar-refractivity contribution in [2.45, 2.75) is 58.6 Å². The van der Waals surface area contributed by atoms with Crippen LogP contribution in [-0.4, -0.2) is 26.4 Å². The minimum absolute atomic E-state index is 0.0134. The highest BCUT2D eigenvalue weighted by Crippen LogP contribution is 2.29. The first-order chi connectivity index (χ1) is 15.9. The Kier molecular flexibility index (Phi) is 6.48. The van der Waals surface area contributed by atoms with E-state index < -0.39 is 17.4 Å². The molecule has 3 N–H and O–H groups in total. The lowest BCUT2D eigenvalue weighted by molar-refractivity contribution is 0.101. The van der Waals surface area contributed by atoms with Gasteiger partial charge in [0.1, 0.15) is 23.1 Å². The lowest BCUT2D eigenvalue weighted by Crippen LogP contribution is -2.27. The van der Waals surface area contributed by atoms with Crippen LogP contribution in [0.3, 0.4) is 0 Å². The molecule has 0 fully saturated rings. The highest BCUT2D eigenvalue weighted by Gasteiger charge is 2.24. The minimum Gasteiger partial charge on any atom is -0.490 e. The van der Waals surface area contributed by atoms with Gasteiger partial charge in [-0.25, -0.2) is 9.18 Å². The Morgan fingerprint density at radius 2 is 2.09 bits per heavy atom. The molecule has 3 aromatic rings. The number of carbonyl (C=O) groups is 1. The van der Waals surface area contributed by atoms with Gasteiger partial charge in [0, 0.05) is 19.0 Å². The number of aryl methyl sites for hydroxylation is 1. The molecule has 8 nitrogen and oxygen atoms in total. The van der Waals surface area contributed by atoms with E-state index in [0.29, 0.717) is 30.2 Å². The fraction of sp³-hybridized carbons (Fsp3) is 0.375. The van der Waals surface area contributed by atoms with Gasteiger partial charge in [-0.2, -0.15) is 4.68 Å². The Labute approximate surface area is 191 Å². The van der Waals surface area contributed by atoms with Gasteiger partial charge < -0.3 is 15.8 Å². The molecule has 1 amide bonds. The zero-order valence-corrected chi connectivity index (χ0v) is 18.8. The Hall–Kier alpha value is -3.62. The summed E-state index contributed by atoms with van der Waals surface area (Å²) < 4.78 is 23.9. The number of amides is 1. The lowest BCUT2D eigenvalue weighted by atomic mass is 10.1. The summed E-state index contributed by atoms with van der Waals surface area (Å²) in [6.45, 7) is 4.47. The van der Waals surface area contributed by atoms with E-state index in [9.17, 15) is 9.59 Å². The summed E-state index contributed by atoms with van der Waals surface area (Å²) in [7, 11) is 0. The summed E-state index contributed by atoms with van der Waals surface area (Å²) in [5, 5.41) is 7.06. The average Bonchev–Trinajstić information content (AvgIpc) is 3.13. The quantitative estimate of drug-likeness (QED) is 0.528. The predicted octanol–water partition coefficient (Wildman–Crippen LogP) is 3.91. The standard InChI is InChI=1S/C24H28FN5O3/c1-3-8-15(2)33-21-14-20(30-24(32)29-12-7-6-11-22(29)28-30)17(25)13-16(21)23(31)27-19-10-5-4-9-18(19)26/h4-5,9-10,13-15H,3,6-8,11-12,26H2,1-2H3,(H,27,31). The lowest BCUT2D eigenvalue weighted by Gasteiger charge is -2.18. The third kappa shape index (κ3) is 4.62. The maximum absolute atomic E-state index is 15.3. The van der Waals surface area contributed by atoms with Crippen molar-refractivity contribution in [3.05, 3.63) is 64.1 Å². The van der Waals surface area contributed by atoms with Crippen LogP contribution in [0.1, 0.15) is 55.7 Å². The van der Waals surface area contributed by atoms with Crippen LogP contribution in [0.2, 0.25) is 0 Å². The van der Waals surface area contributed by atoms with Gasteiger partial charge in [-0.05, 0) is 44.4 Å². The summed E-state index contributed by atoms with van der Waals surface area (Å²) in [6, 6.07) is 9.28. The molecule has 0 aliphatic carbocycles. The Morgan fingerprint density at radius 1 is 1.30 bits per heavy atom. The SMILES string of the molecule is CCCC(C)Oc1cc(-n2nc3n(c2=O)CCCC3)c(F)cc1C(=O)Nc1ccccc1N. The zero-order valence-electron chi connectivity index (χ0n) is 18.8. The van der Waals surface area contributed by atoms with E-state index in [1.165, 1.54) is 6.07 Å². The highest BCUT2D eigenvalue weighted by molar-refractivity contribution is 6.07. The monoisotopic (exact) mass is 453 g/mol. The van der Waals surface area contributed by atoms with Crippen molar-refractivity contribution >= 4 is 17.3 Å². The summed E-state index contributed by atoms with van der Waals surface area (Å²) in [5.41, 5.74) is 6.30. The molecule has 1 atom stereocenters. The first-order valence-corrected chi connectivity index (χ1v) is 11.2. The fourth-order valence-corrected chi connectivity index (χ4v) is 4.02. The number of fused-ring (bicyclic) bond motifs is 1. The van der Waals surface area contributed by atoms with Crippen LogP contribution < -0.4 is 21.5 Å². The maximum Gasteiger partial charge on any atom is 0.350 e. The van der Waals surface area contributed by atoms with E-state index in [1.54, 1.807) is 28.8 Å². The molecular formula is C24H28FN5O3. The largest absolute Gasteiger partial charge is 0.490 e. The molecule has 2 heterocycles. The molecule has 0 spiro atoms. The number of halogens is 1. The summed E-state index contributed by atoms with van der Waals surface area (Å²) in [4.78, 5) is 25.9. The third-order valence-corrected chi connectivity index (χ3v) is 5.73. The van der Waals surface area contributed by atoms with Crippen molar-refractivity contribution in [1.29, 1.82) is 0 Å². The van der Waals surface area contributed by atoms with E-state index in [-0.39, 0.29) is 23.1 Å². The second-order valence-corrected chi connectivity index (χ2v) is 8.28. The van der Waals surface area contributed by atoms with Crippen LogP contribution in [0.5, 0.6) is 5.75 Å². The maximum atomic E-state index is 15.3. The number of rotatable bonds is 7. The molecule has 1 aromatic heterocycles. The van der Waals surface area contributed by atoms with Gasteiger partial charge in [-0.15, -0.1) is 5.10 Å². The number of aromatic nitrogens is 3. The van der Waals surface area contributed by atoms with Crippen LogP contribution in [0.25, 0.3) is 5.69 Å². The molecular weight excluding hydrogens is 425 g/mol. The Morgan fingerprint density at radius 3 is 2.82 bits per heavy atom. The number of nitrogens with one attached hydrogen (secondary N) is 1. The van der Waals surface area contributed by atoms with Gasteiger partial charge in [0.15, 0.2) is 0 Å². The van der Waals surface area contributed by atoms with Crippen molar-refractivity contribution in [1.82, 2.24) is 14.3 Å². The zero-order chi connectivity index (χ0) is 23.5. The van der Waals surface area contributed by atoms with Gasteiger partial charge in [0.2, 0.25) is 0 Å². The van der Waals surface area contributed by atoms with E-state index in [2.05, 4.69) is 10.4 Å². The molecule has 1 aliphatic heterocycles.